The number of aromatic nitrogens is 2. The molecule has 0 bridgehead atoms. The van der Waals surface area contributed by atoms with E-state index in [1.54, 1.807) is 25.1 Å². The molecule has 0 spiro atoms. The van der Waals surface area contributed by atoms with E-state index in [9.17, 15) is 21.4 Å². The van der Waals surface area contributed by atoms with E-state index in [-0.39, 0.29) is 38.4 Å². The van der Waals surface area contributed by atoms with Crippen molar-refractivity contribution in [3.8, 4) is 5.75 Å². The summed E-state index contributed by atoms with van der Waals surface area (Å²) in [6.45, 7) is 1.56. The summed E-state index contributed by atoms with van der Waals surface area (Å²) in [5, 5.41) is 15.1. The molecule has 0 unspecified atom stereocenters. The molecule has 1 aliphatic rings. The number of hydrogen-bond acceptors (Lipinski definition) is 9. The second kappa shape index (κ2) is 6.90. The van der Waals surface area contributed by atoms with Crippen LogP contribution in [-0.2, 0) is 20.1 Å². The number of aryl methyl sites for hydroxylation is 1. The van der Waals surface area contributed by atoms with Crippen molar-refractivity contribution in [2.75, 3.05) is 12.4 Å². The lowest BCUT2D eigenvalue weighted by atomic mass is 10.3. The van der Waals surface area contributed by atoms with Gasteiger partial charge in [-0.25, -0.2) is 0 Å². The quantitative estimate of drug-likeness (QED) is 0.356. The van der Waals surface area contributed by atoms with Crippen LogP contribution in [0.2, 0.25) is 0 Å². The Morgan fingerprint density at radius 3 is 2.60 bits per heavy atom. The average Bonchev–Trinajstić information content (AvgIpc) is 3.02. The maximum atomic E-state index is 12.9. The molecule has 13 heteroatoms. The number of anilines is 2. The zero-order valence-corrected chi connectivity index (χ0v) is 17.3. The summed E-state index contributed by atoms with van der Waals surface area (Å²) in [6, 6.07) is 9.93. The van der Waals surface area contributed by atoms with Crippen LogP contribution in [0.3, 0.4) is 0 Å². The first-order valence-electron chi connectivity index (χ1n) is 8.41. The molecule has 0 aliphatic carbocycles. The summed E-state index contributed by atoms with van der Waals surface area (Å²) in [6.07, 6.45) is 0. The van der Waals surface area contributed by atoms with Crippen molar-refractivity contribution in [1.82, 2.24) is 9.19 Å². The lowest BCUT2D eigenvalue weighted by Gasteiger charge is -2.19. The summed E-state index contributed by atoms with van der Waals surface area (Å²) in [4.78, 5) is -0.313. The van der Waals surface area contributed by atoms with E-state index in [0.29, 0.717) is 5.69 Å². The fourth-order valence-corrected chi connectivity index (χ4v) is 4.86. The van der Waals surface area contributed by atoms with Gasteiger partial charge in [0.25, 0.3) is 20.1 Å². The third-order valence-corrected chi connectivity index (χ3v) is 6.83. The number of azo groups is 1. The highest BCUT2D eigenvalue weighted by Crippen LogP contribution is 2.41. The molecule has 0 saturated carbocycles. The Morgan fingerprint density at radius 2 is 1.90 bits per heavy atom. The van der Waals surface area contributed by atoms with Crippen molar-refractivity contribution in [2.24, 2.45) is 10.2 Å². The number of hydrogen-bond donors (Lipinski definition) is 2. The number of benzene rings is 2. The maximum Gasteiger partial charge on any atom is 0.294 e. The lowest BCUT2D eigenvalue weighted by Crippen LogP contribution is -2.22. The molecule has 3 aromatic rings. The SMILES string of the molecule is COc1ccc(S(=O)(=O)O)cc1N=Nc1c(C)nn2c1Nc1ccccc1S2(=O)=O. The van der Waals surface area contributed by atoms with E-state index in [2.05, 4.69) is 20.6 Å². The molecule has 2 heterocycles. The minimum atomic E-state index is -4.46. The number of ether oxygens (including phenoxy) is 1. The number of nitrogens with one attached hydrogen (secondary N) is 1. The maximum absolute atomic E-state index is 12.9. The monoisotopic (exact) mass is 449 g/mol. The molecule has 1 aliphatic heterocycles. The van der Waals surface area contributed by atoms with Crippen molar-refractivity contribution in [1.29, 1.82) is 0 Å². The number of para-hydroxylation sites is 1. The minimum absolute atomic E-state index is 0.0195. The van der Waals surface area contributed by atoms with Crippen molar-refractivity contribution in [3.05, 3.63) is 48.2 Å². The predicted octanol–water partition coefficient (Wildman–Crippen LogP) is 3.16. The largest absolute Gasteiger partial charge is 0.494 e. The molecule has 4 rings (SSSR count). The van der Waals surface area contributed by atoms with Crippen molar-refractivity contribution in [3.63, 3.8) is 0 Å². The molecule has 2 N–H and O–H groups in total. The normalized spacial score (nSPS) is 14.8. The van der Waals surface area contributed by atoms with Gasteiger partial charge in [0.05, 0.1) is 23.4 Å². The molecule has 0 radical (unpaired) electrons. The van der Waals surface area contributed by atoms with Crippen molar-refractivity contribution >= 4 is 43.0 Å². The Labute approximate surface area is 171 Å². The van der Waals surface area contributed by atoms with Crippen molar-refractivity contribution < 1.29 is 26.1 Å². The molecule has 0 atom stereocenters. The van der Waals surface area contributed by atoms with Crippen LogP contribution in [0.15, 0.2) is 62.5 Å². The van der Waals surface area contributed by atoms with E-state index >= 15 is 0 Å². The second-order valence-electron chi connectivity index (χ2n) is 6.26. The molecule has 30 heavy (non-hydrogen) atoms. The molecule has 1 aromatic heterocycles. The third kappa shape index (κ3) is 3.22. The Bertz CT molecular complexity index is 1410. The molecule has 0 amide bonds. The van der Waals surface area contributed by atoms with Gasteiger partial charge >= 0.3 is 0 Å². The number of rotatable bonds is 4. The predicted molar refractivity (Wildman–Crippen MR) is 106 cm³/mol. The molecular weight excluding hydrogens is 434 g/mol. The molecule has 156 valence electrons. The summed E-state index contributed by atoms with van der Waals surface area (Å²) in [5.74, 6) is 0.301. The molecular formula is C17H15N5O6S2. The second-order valence-corrected chi connectivity index (χ2v) is 9.42. The zero-order chi connectivity index (χ0) is 21.7. The van der Waals surface area contributed by atoms with Gasteiger partial charge in [-0.15, -0.1) is 14.3 Å². The first-order chi connectivity index (χ1) is 14.1. The lowest BCUT2D eigenvalue weighted by molar-refractivity contribution is 0.415. The van der Waals surface area contributed by atoms with E-state index in [1.807, 2.05) is 0 Å². The van der Waals surface area contributed by atoms with Gasteiger partial charge < -0.3 is 10.1 Å². The van der Waals surface area contributed by atoms with E-state index in [4.69, 9.17) is 4.74 Å². The fraction of sp³-hybridized carbons (Fsp3) is 0.118. The van der Waals surface area contributed by atoms with Gasteiger partial charge in [-0.3, -0.25) is 4.55 Å². The highest BCUT2D eigenvalue weighted by molar-refractivity contribution is 7.90. The Balaban J connectivity index is 1.83. The van der Waals surface area contributed by atoms with Crippen LogP contribution < -0.4 is 10.1 Å². The molecule has 0 fully saturated rings. The van der Waals surface area contributed by atoms with Gasteiger partial charge in [0.1, 0.15) is 16.3 Å². The summed E-state index contributed by atoms with van der Waals surface area (Å²) >= 11 is 0. The molecule has 2 aromatic carbocycles. The first kappa shape index (κ1) is 20.0. The van der Waals surface area contributed by atoms with Crippen LogP contribution in [0.25, 0.3) is 0 Å². The highest BCUT2D eigenvalue weighted by atomic mass is 32.2. The van der Waals surface area contributed by atoms with Crippen LogP contribution in [0.4, 0.5) is 22.9 Å². The van der Waals surface area contributed by atoms with Crippen LogP contribution in [0.1, 0.15) is 5.69 Å². The van der Waals surface area contributed by atoms with Crippen LogP contribution >= 0.6 is 0 Å². The van der Waals surface area contributed by atoms with Gasteiger partial charge in [-0.1, -0.05) is 12.1 Å². The van der Waals surface area contributed by atoms with Gasteiger partial charge in [0.15, 0.2) is 11.5 Å². The van der Waals surface area contributed by atoms with Crippen molar-refractivity contribution in [2.45, 2.75) is 16.7 Å². The van der Waals surface area contributed by atoms with Gasteiger partial charge in [0.2, 0.25) is 0 Å². The number of fused-ring (bicyclic) bond motifs is 2. The molecule has 11 nitrogen and oxygen atoms in total. The van der Waals surface area contributed by atoms with E-state index < -0.39 is 20.1 Å². The molecule has 0 saturated heterocycles. The minimum Gasteiger partial charge on any atom is -0.494 e. The van der Waals surface area contributed by atoms with Gasteiger partial charge in [-0.05, 0) is 37.3 Å². The first-order valence-corrected chi connectivity index (χ1v) is 11.3. The fourth-order valence-electron chi connectivity index (χ4n) is 2.92. The zero-order valence-electron chi connectivity index (χ0n) is 15.6. The van der Waals surface area contributed by atoms with Crippen LogP contribution in [0.5, 0.6) is 5.75 Å². The Morgan fingerprint density at radius 1 is 1.17 bits per heavy atom. The van der Waals surface area contributed by atoms with Gasteiger partial charge in [0, 0.05) is 0 Å². The third-order valence-electron chi connectivity index (χ3n) is 4.35. The smallest absolute Gasteiger partial charge is 0.294 e. The van der Waals surface area contributed by atoms with E-state index in [0.717, 1.165) is 16.2 Å². The summed E-state index contributed by atoms with van der Waals surface area (Å²) in [7, 11) is -7.02. The summed E-state index contributed by atoms with van der Waals surface area (Å²) in [5.41, 5.74) is 0.813. The Hall–Kier alpha value is -3.29. The van der Waals surface area contributed by atoms with E-state index in [1.165, 1.54) is 19.2 Å². The van der Waals surface area contributed by atoms with Crippen LogP contribution in [0, 0.1) is 6.92 Å². The number of methoxy groups -OCH3 is 1. The Kier molecular flexibility index (Phi) is 4.60. The summed E-state index contributed by atoms with van der Waals surface area (Å²) < 4.78 is 63.8. The number of nitrogens with zero attached hydrogens (tertiary/aromatic N) is 4. The van der Waals surface area contributed by atoms with Crippen LogP contribution in [-0.4, -0.2) is 37.7 Å². The highest BCUT2D eigenvalue weighted by Gasteiger charge is 2.33. The topological polar surface area (TPSA) is 152 Å². The van der Waals surface area contributed by atoms with Gasteiger partial charge in [-0.2, -0.15) is 21.9 Å². The average molecular weight is 449 g/mol. The standard InChI is InChI=1S/C17H15N5O6S2/c1-10-16(20-19-13-9-11(30(25,26)27)7-8-14(13)28-2)17-18-12-5-3-4-6-15(12)29(23,24)22(17)21-10/h3-9,18H,1-2H3,(H,25,26,27).